The van der Waals surface area contributed by atoms with Gasteiger partial charge in [0.25, 0.3) is 11.6 Å². The Labute approximate surface area is 174 Å². The summed E-state index contributed by atoms with van der Waals surface area (Å²) in [6.07, 6.45) is 0. The first-order valence-corrected chi connectivity index (χ1v) is 9.09. The number of aromatic nitrogens is 1. The average molecular weight is 428 g/mol. The van der Waals surface area contributed by atoms with Gasteiger partial charge >= 0.3 is 0 Å². The van der Waals surface area contributed by atoms with Gasteiger partial charge in [0.2, 0.25) is 5.89 Å². The van der Waals surface area contributed by atoms with Gasteiger partial charge in [-0.25, -0.2) is 4.98 Å². The van der Waals surface area contributed by atoms with Crippen molar-refractivity contribution in [3.8, 4) is 11.5 Å². The number of non-ortho nitro benzene ring substituents is 1. The Morgan fingerprint density at radius 3 is 2.55 bits per heavy atom. The van der Waals surface area contributed by atoms with Gasteiger partial charge in [-0.1, -0.05) is 35.3 Å². The van der Waals surface area contributed by atoms with Gasteiger partial charge in [-0.3, -0.25) is 14.9 Å². The minimum atomic E-state index is -0.596. The van der Waals surface area contributed by atoms with E-state index in [1.165, 1.54) is 12.1 Å². The topological polar surface area (TPSA) is 98.3 Å². The van der Waals surface area contributed by atoms with Crippen molar-refractivity contribution >= 4 is 51.6 Å². The van der Waals surface area contributed by atoms with E-state index in [-0.39, 0.29) is 16.3 Å². The number of nitro benzene ring substituents is 1. The molecule has 144 valence electrons. The number of rotatable bonds is 4. The molecule has 29 heavy (non-hydrogen) atoms. The molecular weight excluding hydrogens is 417 g/mol. The van der Waals surface area contributed by atoms with Gasteiger partial charge < -0.3 is 9.73 Å². The number of para-hydroxylation sites is 2. The molecule has 1 amide bonds. The Hall–Kier alpha value is -3.42. The number of hydrogen-bond donors (Lipinski definition) is 1. The lowest BCUT2D eigenvalue weighted by Gasteiger charge is -2.09. The number of benzene rings is 3. The fourth-order valence-electron chi connectivity index (χ4n) is 2.75. The fraction of sp³-hybridized carbons (Fsp3) is 0. The Kier molecular flexibility index (Phi) is 4.92. The molecule has 0 saturated heterocycles. The maximum absolute atomic E-state index is 12.6. The van der Waals surface area contributed by atoms with Crippen molar-refractivity contribution in [1.29, 1.82) is 0 Å². The number of fused-ring (bicyclic) bond motifs is 1. The fourth-order valence-corrected chi connectivity index (χ4v) is 3.16. The second kappa shape index (κ2) is 7.54. The van der Waals surface area contributed by atoms with Gasteiger partial charge in [0.15, 0.2) is 5.58 Å². The van der Waals surface area contributed by atoms with Crippen LogP contribution in [0.4, 0.5) is 11.4 Å². The zero-order chi connectivity index (χ0) is 20.5. The van der Waals surface area contributed by atoms with Crippen molar-refractivity contribution < 1.29 is 14.1 Å². The summed E-state index contributed by atoms with van der Waals surface area (Å²) < 4.78 is 5.74. The lowest BCUT2D eigenvalue weighted by molar-refractivity contribution is -0.384. The Balaban J connectivity index is 1.67. The zero-order valence-electron chi connectivity index (χ0n) is 14.6. The van der Waals surface area contributed by atoms with Crippen LogP contribution in [0.15, 0.2) is 65.1 Å². The number of hydrogen-bond acceptors (Lipinski definition) is 5. The quantitative estimate of drug-likeness (QED) is 0.319. The normalized spacial score (nSPS) is 10.8. The number of nitro groups is 1. The molecule has 4 rings (SSSR count). The summed E-state index contributed by atoms with van der Waals surface area (Å²) in [6.45, 7) is 0. The molecule has 1 N–H and O–H groups in total. The van der Waals surface area contributed by atoms with Crippen LogP contribution in [-0.4, -0.2) is 15.8 Å². The maximum Gasteiger partial charge on any atom is 0.270 e. The molecule has 0 fully saturated rings. The number of halogens is 2. The summed E-state index contributed by atoms with van der Waals surface area (Å²) >= 11 is 12.3. The van der Waals surface area contributed by atoms with Crippen LogP contribution in [0, 0.1) is 10.1 Å². The second-order valence-electron chi connectivity index (χ2n) is 6.06. The maximum atomic E-state index is 12.6. The van der Waals surface area contributed by atoms with Crippen LogP contribution in [0.25, 0.3) is 22.6 Å². The molecule has 0 saturated carbocycles. The van der Waals surface area contributed by atoms with Gasteiger partial charge in [-0.05, 0) is 36.4 Å². The van der Waals surface area contributed by atoms with Crippen molar-refractivity contribution in [3.63, 3.8) is 0 Å². The lowest BCUT2D eigenvalue weighted by atomic mass is 10.1. The van der Waals surface area contributed by atoms with Crippen LogP contribution in [0.5, 0.6) is 0 Å². The molecule has 1 aromatic heterocycles. The number of carbonyl (C=O) groups excluding carboxylic acids is 1. The van der Waals surface area contributed by atoms with E-state index in [9.17, 15) is 14.9 Å². The van der Waals surface area contributed by atoms with Gasteiger partial charge in [-0.2, -0.15) is 0 Å². The summed E-state index contributed by atoms with van der Waals surface area (Å²) in [6, 6.07) is 15.7. The van der Waals surface area contributed by atoms with E-state index in [0.29, 0.717) is 33.3 Å². The third-order valence-electron chi connectivity index (χ3n) is 4.15. The Morgan fingerprint density at radius 2 is 1.79 bits per heavy atom. The molecule has 1 heterocycles. The van der Waals surface area contributed by atoms with E-state index in [4.69, 9.17) is 27.6 Å². The zero-order valence-corrected chi connectivity index (χ0v) is 16.1. The van der Waals surface area contributed by atoms with Crippen molar-refractivity contribution in [3.05, 3.63) is 86.4 Å². The van der Waals surface area contributed by atoms with E-state index >= 15 is 0 Å². The van der Waals surface area contributed by atoms with Crippen molar-refractivity contribution in [2.24, 2.45) is 0 Å². The molecule has 9 heteroatoms. The largest absolute Gasteiger partial charge is 0.436 e. The van der Waals surface area contributed by atoms with Crippen LogP contribution < -0.4 is 5.32 Å². The first kappa shape index (κ1) is 18.9. The molecule has 0 radical (unpaired) electrons. The van der Waals surface area contributed by atoms with Crippen molar-refractivity contribution in [2.75, 3.05) is 5.32 Å². The van der Waals surface area contributed by atoms with E-state index < -0.39 is 10.8 Å². The van der Waals surface area contributed by atoms with Gasteiger partial charge in [0.05, 0.1) is 26.1 Å². The van der Waals surface area contributed by atoms with Gasteiger partial charge in [0.1, 0.15) is 5.52 Å². The highest BCUT2D eigenvalue weighted by Gasteiger charge is 2.18. The van der Waals surface area contributed by atoms with Crippen molar-refractivity contribution in [1.82, 2.24) is 4.98 Å². The van der Waals surface area contributed by atoms with E-state index in [0.717, 1.165) is 6.07 Å². The molecule has 3 aromatic carbocycles. The van der Waals surface area contributed by atoms with Gasteiger partial charge in [-0.15, -0.1) is 0 Å². The predicted molar refractivity (Wildman–Crippen MR) is 111 cm³/mol. The highest BCUT2D eigenvalue weighted by Crippen LogP contribution is 2.32. The Morgan fingerprint density at radius 1 is 1.03 bits per heavy atom. The van der Waals surface area contributed by atoms with Crippen LogP contribution >= 0.6 is 23.2 Å². The molecule has 0 aliphatic heterocycles. The molecular formula is C20H11Cl2N3O4. The van der Waals surface area contributed by atoms with Crippen molar-refractivity contribution in [2.45, 2.75) is 0 Å². The minimum Gasteiger partial charge on any atom is -0.436 e. The summed E-state index contributed by atoms with van der Waals surface area (Å²) in [5, 5.41) is 14.1. The summed E-state index contributed by atoms with van der Waals surface area (Å²) in [5.74, 6) is -0.287. The summed E-state index contributed by atoms with van der Waals surface area (Å²) in [7, 11) is 0. The van der Waals surface area contributed by atoms with Gasteiger partial charge in [0, 0.05) is 17.8 Å². The standard InChI is InChI=1S/C20H11Cl2N3O4/c21-15-8-6-12(25(27)28)10-13(15)19(26)23-11-5-7-16(22)14(9-11)20-24-17-3-1-2-4-18(17)29-20/h1-10H,(H,23,26). The Bertz CT molecular complexity index is 1240. The van der Waals surface area contributed by atoms with Crippen LogP contribution in [0.1, 0.15) is 10.4 Å². The molecule has 7 nitrogen and oxygen atoms in total. The highest BCUT2D eigenvalue weighted by molar-refractivity contribution is 6.35. The van der Waals surface area contributed by atoms with E-state index in [1.807, 2.05) is 18.2 Å². The SMILES string of the molecule is O=C(Nc1ccc(Cl)c(-c2nc3ccccc3o2)c1)c1cc([N+](=O)[O-])ccc1Cl. The molecule has 0 aliphatic rings. The second-order valence-corrected chi connectivity index (χ2v) is 6.87. The predicted octanol–water partition coefficient (Wildman–Crippen LogP) is 5.96. The third-order valence-corrected chi connectivity index (χ3v) is 4.81. The third kappa shape index (κ3) is 3.78. The number of amides is 1. The van der Waals surface area contributed by atoms with E-state index in [2.05, 4.69) is 10.3 Å². The number of oxazole rings is 1. The first-order chi connectivity index (χ1) is 13.9. The molecule has 0 aliphatic carbocycles. The highest BCUT2D eigenvalue weighted by atomic mass is 35.5. The average Bonchev–Trinajstić information content (AvgIpc) is 3.13. The molecule has 0 bridgehead atoms. The molecule has 0 unspecified atom stereocenters. The van der Waals surface area contributed by atoms with Crippen LogP contribution in [0.3, 0.4) is 0 Å². The minimum absolute atomic E-state index is 0.0146. The molecule has 0 atom stereocenters. The molecule has 0 spiro atoms. The summed E-state index contributed by atoms with van der Waals surface area (Å²) in [4.78, 5) is 27.4. The molecule has 4 aromatic rings. The number of nitrogens with one attached hydrogen (secondary N) is 1. The summed E-state index contributed by atoms with van der Waals surface area (Å²) in [5.41, 5.74) is 1.93. The lowest BCUT2D eigenvalue weighted by Crippen LogP contribution is -2.13. The number of carbonyl (C=O) groups is 1. The van der Waals surface area contributed by atoms with Crippen LogP contribution in [0.2, 0.25) is 10.0 Å². The number of nitrogens with zero attached hydrogens (tertiary/aromatic N) is 2. The monoisotopic (exact) mass is 427 g/mol. The first-order valence-electron chi connectivity index (χ1n) is 8.33. The van der Waals surface area contributed by atoms with E-state index in [1.54, 1.807) is 24.3 Å². The smallest absolute Gasteiger partial charge is 0.270 e. The number of anilines is 1. The van der Waals surface area contributed by atoms with Crippen LogP contribution in [-0.2, 0) is 0 Å².